The maximum Gasteiger partial charge on any atom is 0.0460 e. The topological polar surface area (TPSA) is 49.5 Å². The number of aliphatic hydroxyl groups is 1. The van der Waals surface area contributed by atoms with Gasteiger partial charge in [-0.3, -0.25) is 4.90 Å². The first-order chi connectivity index (χ1) is 6.26. The molecule has 0 unspecified atom stereocenters. The summed E-state index contributed by atoms with van der Waals surface area (Å²) in [6.07, 6.45) is 2.21. The predicted octanol–water partition coefficient (Wildman–Crippen LogP) is 0.206. The molecule has 0 atom stereocenters. The summed E-state index contributed by atoms with van der Waals surface area (Å²) in [5.74, 6) is 0.516. The average Bonchev–Trinajstić information content (AvgIpc) is 2.19. The Morgan fingerprint density at radius 2 is 2.08 bits per heavy atom. The van der Waals surface area contributed by atoms with Crippen LogP contribution in [0.4, 0.5) is 0 Å². The molecule has 0 bridgehead atoms. The van der Waals surface area contributed by atoms with Crippen molar-refractivity contribution in [2.45, 2.75) is 12.8 Å². The Kier molecular flexibility index (Phi) is 4.42. The van der Waals surface area contributed by atoms with Crippen molar-refractivity contribution < 1.29 is 5.11 Å². The highest BCUT2D eigenvalue weighted by Crippen LogP contribution is 2.16. The lowest BCUT2D eigenvalue weighted by atomic mass is 9.97. The van der Waals surface area contributed by atoms with Crippen LogP contribution in [-0.4, -0.2) is 42.8 Å². The van der Waals surface area contributed by atoms with E-state index in [0.717, 1.165) is 38.0 Å². The summed E-state index contributed by atoms with van der Waals surface area (Å²) in [7, 11) is 0. The summed E-state index contributed by atoms with van der Waals surface area (Å²) in [6.45, 7) is 7.89. The molecule has 0 amide bonds. The highest BCUT2D eigenvalue weighted by Gasteiger charge is 2.18. The number of nitrogens with two attached hydrogens (primary N) is 1. The standard InChI is InChI=1S/C10H20N2O/c1-9(6-11)7-12-4-2-10(8-13)3-5-12/h10,13H,1-8,11H2. The third-order valence-corrected chi connectivity index (χ3v) is 2.70. The summed E-state index contributed by atoms with van der Waals surface area (Å²) in [4.78, 5) is 2.36. The molecule has 1 aliphatic rings. The molecule has 0 spiro atoms. The summed E-state index contributed by atoms with van der Waals surface area (Å²) >= 11 is 0. The molecule has 0 aromatic carbocycles. The molecular weight excluding hydrogens is 164 g/mol. The van der Waals surface area contributed by atoms with Crippen LogP contribution in [0.5, 0.6) is 0 Å². The maximum absolute atomic E-state index is 8.95. The van der Waals surface area contributed by atoms with E-state index >= 15 is 0 Å². The van der Waals surface area contributed by atoms with Crippen LogP contribution >= 0.6 is 0 Å². The lowest BCUT2D eigenvalue weighted by Crippen LogP contribution is -2.36. The van der Waals surface area contributed by atoms with Crippen molar-refractivity contribution in [1.29, 1.82) is 0 Å². The van der Waals surface area contributed by atoms with Gasteiger partial charge in [-0.25, -0.2) is 0 Å². The molecule has 1 aliphatic heterocycles. The molecule has 3 heteroatoms. The van der Waals surface area contributed by atoms with Crippen LogP contribution in [-0.2, 0) is 0 Å². The first-order valence-corrected chi connectivity index (χ1v) is 4.96. The summed E-state index contributed by atoms with van der Waals surface area (Å²) in [5, 5.41) is 8.95. The summed E-state index contributed by atoms with van der Waals surface area (Å²) in [5.41, 5.74) is 6.58. The number of rotatable bonds is 4. The van der Waals surface area contributed by atoms with Crippen LogP contribution in [0.3, 0.4) is 0 Å². The summed E-state index contributed by atoms with van der Waals surface area (Å²) in [6, 6.07) is 0. The van der Waals surface area contributed by atoms with Crippen molar-refractivity contribution in [3.63, 3.8) is 0 Å². The van der Waals surface area contributed by atoms with E-state index in [4.69, 9.17) is 10.8 Å². The van der Waals surface area contributed by atoms with Gasteiger partial charge >= 0.3 is 0 Å². The van der Waals surface area contributed by atoms with Gasteiger partial charge in [0.1, 0.15) is 0 Å². The molecule has 3 N–H and O–H groups in total. The lowest BCUT2D eigenvalue weighted by molar-refractivity contribution is 0.138. The van der Waals surface area contributed by atoms with Gasteiger partial charge in [0.2, 0.25) is 0 Å². The van der Waals surface area contributed by atoms with Crippen molar-refractivity contribution >= 4 is 0 Å². The fourth-order valence-corrected chi connectivity index (χ4v) is 1.71. The highest BCUT2D eigenvalue weighted by molar-refractivity contribution is 4.99. The minimum Gasteiger partial charge on any atom is -0.396 e. The fraction of sp³-hybridized carbons (Fsp3) is 0.800. The number of hydrogen-bond donors (Lipinski definition) is 2. The number of hydrogen-bond acceptors (Lipinski definition) is 3. The Hall–Kier alpha value is -0.380. The zero-order valence-corrected chi connectivity index (χ0v) is 8.21. The molecule has 0 aromatic heterocycles. The van der Waals surface area contributed by atoms with Crippen molar-refractivity contribution in [2.75, 3.05) is 32.8 Å². The Bertz CT molecular complexity index is 162. The van der Waals surface area contributed by atoms with Crippen molar-refractivity contribution in [2.24, 2.45) is 11.7 Å². The molecule has 0 radical (unpaired) electrons. The molecule has 0 aliphatic carbocycles. The molecule has 0 saturated carbocycles. The normalized spacial score (nSPS) is 20.5. The van der Waals surface area contributed by atoms with E-state index in [2.05, 4.69) is 11.5 Å². The van der Waals surface area contributed by atoms with E-state index < -0.39 is 0 Å². The van der Waals surface area contributed by atoms with Gasteiger partial charge in [-0.15, -0.1) is 0 Å². The summed E-state index contributed by atoms with van der Waals surface area (Å²) < 4.78 is 0. The van der Waals surface area contributed by atoms with Gasteiger partial charge in [0.05, 0.1) is 0 Å². The number of piperidine rings is 1. The third kappa shape index (κ3) is 3.46. The van der Waals surface area contributed by atoms with Gasteiger partial charge in [0.15, 0.2) is 0 Å². The SMILES string of the molecule is C=C(CN)CN1CCC(CO)CC1. The molecule has 0 aromatic rings. The van der Waals surface area contributed by atoms with Gasteiger partial charge in [0.25, 0.3) is 0 Å². The van der Waals surface area contributed by atoms with Crippen LogP contribution in [0.25, 0.3) is 0 Å². The maximum atomic E-state index is 8.95. The van der Waals surface area contributed by atoms with Crippen LogP contribution in [0.2, 0.25) is 0 Å². The average molecular weight is 184 g/mol. The number of likely N-dealkylation sites (tertiary alicyclic amines) is 1. The second kappa shape index (κ2) is 5.37. The van der Waals surface area contributed by atoms with Crippen LogP contribution in [0.1, 0.15) is 12.8 Å². The number of aliphatic hydroxyl groups excluding tert-OH is 1. The first kappa shape index (κ1) is 10.7. The van der Waals surface area contributed by atoms with E-state index in [0.29, 0.717) is 19.1 Å². The van der Waals surface area contributed by atoms with E-state index in [-0.39, 0.29) is 0 Å². The smallest absolute Gasteiger partial charge is 0.0460 e. The van der Waals surface area contributed by atoms with E-state index in [1.54, 1.807) is 0 Å². The molecule has 76 valence electrons. The molecule has 3 nitrogen and oxygen atoms in total. The molecular formula is C10H20N2O. The largest absolute Gasteiger partial charge is 0.396 e. The highest BCUT2D eigenvalue weighted by atomic mass is 16.3. The van der Waals surface area contributed by atoms with E-state index in [1.807, 2.05) is 0 Å². The van der Waals surface area contributed by atoms with E-state index in [1.165, 1.54) is 0 Å². The van der Waals surface area contributed by atoms with Crippen LogP contribution in [0, 0.1) is 5.92 Å². The van der Waals surface area contributed by atoms with Crippen molar-refractivity contribution in [3.8, 4) is 0 Å². The Labute approximate surface area is 80.2 Å². The molecule has 1 rings (SSSR count). The zero-order chi connectivity index (χ0) is 9.68. The molecule has 1 saturated heterocycles. The van der Waals surface area contributed by atoms with Crippen molar-refractivity contribution in [3.05, 3.63) is 12.2 Å². The quantitative estimate of drug-likeness (QED) is 0.614. The Balaban J connectivity index is 2.21. The first-order valence-electron chi connectivity index (χ1n) is 4.96. The zero-order valence-electron chi connectivity index (χ0n) is 8.21. The third-order valence-electron chi connectivity index (χ3n) is 2.70. The second-order valence-corrected chi connectivity index (χ2v) is 3.86. The van der Waals surface area contributed by atoms with Crippen LogP contribution in [0.15, 0.2) is 12.2 Å². The minimum atomic E-state index is 0.339. The minimum absolute atomic E-state index is 0.339. The van der Waals surface area contributed by atoms with Gasteiger partial charge in [-0.1, -0.05) is 6.58 Å². The van der Waals surface area contributed by atoms with E-state index in [9.17, 15) is 0 Å². The predicted molar refractivity (Wildman–Crippen MR) is 54.4 cm³/mol. The monoisotopic (exact) mass is 184 g/mol. The second-order valence-electron chi connectivity index (χ2n) is 3.86. The molecule has 1 heterocycles. The van der Waals surface area contributed by atoms with Crippen LogP contribution < -0.4 is 5.73 Å². The van der Waals surface area contributed by atoms with Gasteiger partial charge in [-0.2, -0.15) is 0 Å². The van der Waals surface area contributed by atoms with Gasteiger partial charge in [0, 0.05) is 19.7 Å². The lowest BCUT2D eigenvalue weighted by Gasteiger charge is -2.31. The molecule has 13 heavy (non-hydrogen) atoms. The van der Waals surface area contributed by atoms with Crippen molar-refractivity contribution in [1.82, 2.24) is 4.90 Å². The molecule has 1 fully saturated rings. The Morgan fingerprint density at radius 3 is 2.54 bits per heavy atom. The Morgan fingerprint density at radius 1 is 1.46 bits per heavy atom. The fourth-order valence-electron chi connectivity index (χ4n) is 1.71. The number of nitrogens with zero attached hydrogens (tertiary/aromatic N) is 1. The van der Waals surface area contributed by atoms with Gasteiger partial charge < -0.3 is 10.8 Å². The van der Waals surface area contributed by atoms with Gasteiger partial charge in [-0.05, 0) is 37.4 Å².